The van der Waals surface area contributed by atoms with Gasteiger partial charge in [0, 0.05) is 19.2 Å². The maximum atomic E-state index is 12.6. The minimum Gasteiger partial charge on any atom is -0.467 e. The molecule has 0 aliphatic carbocycles. The average molecular weight is 415 g/mol. The Bertz CT molecular complexity index is 1080. The molecule has 28 heavy (non-hydrogen) atoms. The lowest BCUT2D eigenvalue weighted by atomic mass is 10.0. The number of aromatic nitrogens is 1. The molecule has 1 aliphatic heterocycles. The highest BCUT2D eigenvalue weighted by atomic mass is 32.2. The van der Waals surface area contributed by atoms with Gasteiger partial charge < -0.3 is 9.73 Å². The van der Waals surface area contributed by atoms with Crippen LogP contribution in [0.4, 0.5) is 5.82 Å². The van der Waals surface area contributed by atoms with Crippen LogP contribution in [0.2, 0.25) is 0 Å². The summed E-state index contributed by atoms with van der Waals surface area (Å²) in [7, 11) is 1.59. The average Bonchev–Trinajstić information content (AvgIpc) is 3.28. The van der Waals surface area contributed by atoms with E-state index in [1.54, 1.807) is 32.4 Å². The molecule has 0 bridgehead atoms. The SMILES string of the molecule is CCN1C(=O)/C(=C/c2c(C)c(C#N)c(=O)n(C)c2NCc2ccco2)SC1=S. The molecule has 1 N–H and O–H groups in total. The van der Waals surface area contributed by atoms with Gasteiger partial charge in [0.25, 0.3) is 11.5 Å². The molecule has 144 valence electrons. The van der Waals surface area contributed by atoms with Crippen LogP contribution in [0.25, 0.3) is 6.08 Å². The van der Waals surface area contributed by atoms with Gasteiger partial charge in [-0.1, -0.05) is 24.0 Å². The maximum absolute atomic E-state index is 12.6. The molecule has 3 heterocycles. The van der Waals surface area contributed by atoms with E-state index < -0.39 is 5.56 Å². The molecule has 0 unspecified atom stereocenters. The Morgan fingerprint density at radius 2 is 2.18 bits per heavy atom. The first kappa shape index (κ1) is 19.9. The van der Waals surface area contributed by atoms with E-state index in [1.165, 1.54) is 21.2 Å². The molecule has 7 nitrogen and oxygen atoms in total. The van der Waals surface area contributed by atoms with Crippen LogP contribution in [0.3, 0.4) is 0 Å². The molecule has 1 fully saturated rings. The lowest BCUT2D eigenvalue weighted by Crippen LogP contribution is -2.27. The fourth-order valence-electron chi connectivity index (χ4n) is 2.93. The molecule has 0 spiro atoms. The molecule has 2 aromatic rings. The summed E-state index contributed by atoms with van der Waals surface area (Å²) in [5.74, 6) is 1.01. The van der Waals surface area contributed by atoms with Gasteiger partial charge in [0.05, 0.1) is 17.7 Å². The van der Waals surface area contributed by atoms with E-state index in [1.807, 2.05) is 19.1 Å². The van der Waals surface area contributed by atoms with Gasteiger partial charge >= 0.3 is 0 Å². The first-order valence-corrected chi connectivity index (χ1v) is 9.76. The van der Waals surface area contributed by atoms with E-state index in [-0.39, 0.29) is 11.5 Å². The predicted molar refractivity (Wildman–Crippen MR) is 113 cm³/mol. The van der Waals surface area contributed by atoms with Crippen molar-refractivity contribution in [3.63, 3.8) is 0 Å². The number of thioether (sulfide) groups is 1. The highest BCUT2D eigenvalue weighted by Gasteiger charge is 2.31. The monoisotopic (exact) mass is 414 g/mol. The number of thiocarbonyl (C=S) groups is 1. The number of nitriles is 1. The van der Waals surface area contributed by atoms with Crippen molar-refractivity contribution in [1.82, 2.24) is 9.47 Å². The van der Waals surface area contributed by atoms with Crippen molar-refractivity contribution in [3.8, 4) is 6.07 Å². The molecular weight excluding hydrogens is 396 g/mol. The van der Waals surface area contributed by atoms with Crippen LogP contribution < -0.4 is 10.9 Å². The molecule has 1 saturated heterocycles. The third kappa shape index (κ3) is 3.48. The largest absolute Gasteiger partial charge is 0.467 e. The Hall–Kier alpha value is -2.83. The molecule has 0 atom stereocenters. The van der Waals surface area contributed by atoms with Crippen molar-refractivity contribution in [2.45, 2.75) is 20.4 Å². The summed E-state index contributed by atoms with van der Waals surface area (Å²) < 4.78 is 7.20. The summed E-state index contributed by atoms with van der Waals surface area (Å²) in [5, 5.41) is 12.6. The molecule has 1 aliphatic rings. The summed E-state index contributed by atoms with van der Waals surface area (Å²) >= 11 is 6.48. The van der Waals surface area contributed by atoms with Gasteiger partial charge in [-0.3, -0.25) is 19.1 Å². The molecule has 0 aromatic carbocycles. The van der Waals surface area contributed by atoms with E-state index in [0.717, 1.165) is 0 Å². The van der Waals surface area contributed by atoms with Crippen LogP contribution in [-0.4, -0.2) is 26.2 Å². The molecule has 9 heteroatoms. The number of hydrogen-bond donors (Lipinski definition) is 1. The molecule has 0 radical (unpaired) electrons. The molecular formula is C19H18N4O3S2. The summed E-state index contributed by atoms with van der Waals surface area (Å²) in [5.41, 5.74) is 0.750. The quantitative estimate of drug-likeness (QED) is 0.594. The second kappa shape index (κ2) is 8.04. The fourth-order valence-corrected chi connectivity index (χ4v) is 4.30. The van der Waals surface area contributed by atoms with Gasteiger partial charge in [0.2, 0.25) is 0 Å². The lowest BCUT2D eigenvalue weighted by Gasteiger charge is -2.17. The number of furan rings is 1. The number of pyridine rings is 1. The number of hydrogen-bond acceptors (Lipinski definition) is 7. The van der Waals surface area contributed by atoms with Gasteiger partial charge in [-0.15, -0.1) is 0 Å². The minimum atomic E-state index is -0.403. The van der Waals surface area contributed by atoms with Gasteiger partial charge in [0.15, 0.2) is 0 Å². The molecule has 1 amide bonds. The number of amides is 1. The van der Waals surface area contributed by atoms with E-state index in [0.29, 0.717) is 45.0 Å². The minimum absolute atomic E-state index is 0.0447. The summed E-state index contributed by atoms with van der Waals surface area (Å²) in [4.78, 5) is 27.1. The zero-order valence-electron chi connectivity index (χ0n) is 15.6. The topological polar surface area (TPSA) is 91.3 Å². The van der Waals surface area contributed by atoms with Gasteiger partial charge in [-0.05, 0) is 37.6 Å². The Morgan fingerprint density at radius 1 is 1.43 bits per heavy atom. The van der Waals surface area contributed by atoms with Crippen molar-refractivity contribution in [3.05, 3.63) is 56.1 Å². The zero-order chi connectivity index (χ0) is 20.4. The second-order valence-corrected chi connectivity index (χ2v) is 7.77. The van der Waals surface area contributed by atoms with Crippen molar-refractivity contribution >= 4 is 46.1 Å². The second-order valence-electron chi connectivity index (χ2n) is 6.10. The standard InChI is InChI=1S/C19H18N4O3S2/c1-4-23-18(25)15(28-19(23)27)8-13-11(2)14(9-20)17(24)22(3)16(13)21-10-12-6-5-7-26-12/h5-8,21H,4,10H2,1-3H3/b15-8-. The highest BCUT2D eigenvalue weighted by Crippen LogP contribution is 2.34. The van der Waals surface area contributed by atoms with Gasteiger partial charge in [-0.25, -0.2) is 0 Å². The first-order chi connectivity index (χ1) is 13.4. The number of likely N-dealkylation sites (N-methyl/N-ethyl adjacent to an activating group) is 1. The predicted octanol–water partition coefficient (Wildman–Crippen LogP) is 2.99. The van der Waals surface area contributed by atoms with Gasteiger partial charge in [0.1, 0.15) is 27.5 Å². The van der Waals surface area contributed by atoms with Crippen LogP contribution in [0.5, 0.6) is 0 Å². The van der Waals surface area contributed by atoms with Crippen LogP contribution in [0.15, 0.2) is 32.5 Å². The van der Waals surface area contributed by atoms with Crippen LogP contribution in [0.1, 0.15) is 29.4 Å². The lowest BCUT2D eigenvalue weighted by molar-refractivity contribution is -0.121. The van der Waals surface area contributed by atoms with Crippen LogP contribution in [0, 0.1) is 18.3 Å². The maximum Gasteiger partial charge on any atom is 0.270 e. The van der Waals surface area contributed by atoms with E-state index in [9.17, 15) is 14.9 Å². The van der Waals surface area contributed by atoms with Crippen molar-refractivity contribution in [2.75, 3.05) is 11.9 Å². The van der Waals surface area contributed by atoms with E-state index in [2.05, 4.69) is 5.32 Å². The number of nitrogens with one attached hydrogen (secondary N) is 1. The summed E-state index contributed by atoms with van der Waals surface area (Å²) in [6, 6.07) is 5.56. The number of carbonyl (C=O) groups is 1. The number of rotatable bonds is 5. The Morgan fingerprint density at radius 3 is 2.75 bits per heavy atom. The fraction of sp³-hybridized carbons (Fsp3) is 0.263. The molecule has 3 rings (SSSR count). The Kier molecular flexibility index (Phi) is 5.72. The number of nitrogens with zero attached hydrogens (tertiary/aromatic N) is 3. The summed E-state index contributed by atoms with van der Waals surface area (Å²) in [6.07, 6.45) is 3.26. The van der Waals surface area contributed by atoms with Crippen LogP contribution in [-0.2, 0) is 18.4 Å². The first-order valence-electron chi connectivity index (χ1n) is 8.54. The van der Waals surface area contributed by atoms with E-state index >= 15 is 0 Å². The molecule has 0 saturated carbocycles. The van der Waals surface area contributed by atoms with E-state index in [4.69, 9.17) is 16.6 Å². The number of anilines is 1. The van der Waals surface area contributed by atoms with Crippen molar-refractivity contribution in [1.29, 1.82) is 5.26 Å². The van der Waals surface area contributed by atoms with Crippen molar-refractivity contribution < 1.29 is 9.21 Å². The number of carbonyl (C=O) groups excluding carboxylic acids is 1. The van der Waals surface area contributed by atoms with Gasteiger partial charge in [-0.2, -0.15) is 5.26 Å². The Labute approximate surface area is 171 Å². The third-order valence-electron chi connectivity index (χ3n) is 4.48. The summed E-state index contributed by atoms with van der Waals surface area (Å²) in [6.45, 7) is 4.39. The Balaban J connectivity index is 2.13. The normalized spacial score (nSPS) is 15.4. The zero-order valence-corrected chi connectivity index (χ0v) is 17.2. The molecule has 2 aromatic heterocycles. The third-order valence-corrected chi connectivity index (χ3v) is 5.85. The highest BCUT2D eigenvalue weighted by molar-refractivity contribution is 8.26. The van der Waals surface area contributed by atoms with Crippen LogP contribution >= 0.6 is 24.0 Å². The van der Waals surface area contributed by atoms with Crippen molar-refractivity contribution in [2.24, 2.45) is 7.05 Å². The smallest absolute Gasteiger partial charge is 0.270 e.